The van der Waals surface area contributed by atoms with Crippen molar-refractivity contribution in [3.8, 4) is 11.5 Å². The molecule has 106 valence electrons. The first-order valence-corrected chi connectivity index (χ1v) is 6.57. The molecule has 8 heteroatoms. The smallest absolute Gasteiger partial charge is 0.331 e. The molecule has 0 aliphatic carbocycles. The molecule has 7 nitrogen and oxygen atoms in total. The number of carboxylic acid groups (broad SMARTS) is 1. The van der Waals surface area contributed by atoms with Crippen LogP contribution < -0.4 is 0 Å². The van der Waals surface area contributed by atoms with E-state index in [1.165, 1.54) is 10.9 Å². The zero-order valence-electron chi connectivity index (χ0n) is 11.1. The van der Waals surface area contributed by atoms with E-state index in [1.54, 1.807) is 26.0 Å². The van der Waals surface area contributed by atoms with Gasteiger partial charge in [0.25, 0.3) is 0 Å². The van der Waals surface area contributed by atoms with Crippen LogP contribution in [0.2, 0.25) is 5.02 Å². The molecule has 0 aliphatic heterocycles. The highest BCUT2D eigenvalue weighted by molar-refractivity contribution is 6.30. The van der Waals surface area contributed by atoms with Gasteiger partial charge in [-0.3, -0.25) is 4.98 Å². The number of hydrogen-bond donors (Lipinski definition) is 1. The summed E-state index contributed by atoms with van der Waals surface area (Å²) in [6.07, 6.45) is 2.20. The lowest BCUT2D eigenvalue weighted by molar-refractivity contribution is -0.148. The van der Waals surface area contributed by atoms with Crippen LogP contribution in [-0.2, 0) is 10.3 Å². The second kappa shape index (κ2) is 5.54. The van der Waals surface area contributed by atoms with E-state index in [-0.39, 0.29) is 0 Å². The normalized spacial score (nSPS) is 11.6. The van der Waals surface area contributed by atoms with Crippen LogP contribution in [0.4, 0.5) is 0 Å². The topological polar surface area (TPSA) is 93.8 Å². The summed E-state index contributed by atoms with van der Waals surface area (Å²) in [5.74, 6) is -0.655. The van der Waals surface area contributed by atoms with Gasteiger partial charge >= 0.3 is 5.97 Å². The number of halogens is 1. The maximum absolute atomic E-state index is 11.7. The third-order valence-corrected chi connectivity index (χ3v) is 3.62. The molecule has 0 atom stereocenters. The summed E-state index contributed by atoms with van der Waals surface area (Å²) in [6, 6.07) is 3.31. The first-order valence-electron chi connectivity index (χ1n) is 6.19. The van der Waals surface area contributed by atoms with Gasteiger partial charge in [0.05, 0.1) is 5.02 Å². The second-order valence-corrected chi connectivity index (χ2v) is 4.76. The van der Waals surface area contributed by atoms with E-state index in [0.717, 1.165) is 0 Å². The maximum atomic E-state index is 11.7. The first kappa shape index (κ1) is 14.4. The van der Waals surface area contributed by atoms with Crippen molar-refractivity contribution in [3.05, 3.63) is 23.4 Å². The molecule has 0 unspecified atom stereocenters. The Hall–Kier alpha value is -2.02. The highest BCUT2D eigenvalue weighted by Crippen LogP contribution is 2.29. The van der Waals surface area contributed by atoms with Crippen LogP contribution >= 0.6 is 11.6 Å². The number of pyridine rings is 1. The van der Waals surface area contributed by atoms with Gasteiger partial charge in [-0.15, -0.1) is 5.10 Å². The molecule has 2 rings (SSSR count). The van der Waals surface area contributed by atoms with Crippen molar-refractivity contribution in [2.24, 2.45) is 0 Å². The fourth-order valence-corrected chi connectivity index (χ4v) is 2.20. The molecule has 0 spiro atoms. The van der Waals surface area contributed by atoms with Gasteiger partial charge in [-0.2, -0.15) is 0 Å². The lowest BCUT2D eigenvalue weighted by Gasteiger charge is -2.27. The quantitative estimate of drug-likeness (QED) is 0.906. The summed E-state index contributed by atoms with van der Waals surface area (Å²) >= 11 is 5.79. The van der Waals surface area contributed by atoms with Crippen molar-refractivity contribution < 1.29 is 9.90 Å². The third kappa shape index (κ3) is 2.24. The van der Waals surface area contributed by atoms with Crippen LogP contribution in [0.5, 0.6) is 0 Å². The summed E-state index contributed by atoms with van der Waals surface area (Å²) in [5, 5.41) is 21.4. The van der Waals surface area contributed by atoms with Crippen molar-refractivity contribution in [2.75, 3.05) is 0 Å². The number of tetrazole rings is 1. The van der Waals surface area contributed by atoms with Crippen LogP contribution in [0, 0.1) is 0 Å². The lowest BCUT2D eigenvalue weighted by atomic mass is 9.93. The van der Waals surface area contributed by atoms with Gasteiger partial charge in [-0.25, -0.2) is 9.48 Å². The summed E-state index contributed by atoms with van der Waals surface area (Å²) in [5.41, 5.74) is -0.702. The molecule has 0 bridgehead atoms. The molecule has 0 radical (unpaired) electrons. The highest BCUT2D eigenvalue weighted by Gasteiger charge is 2.40. The SMILES string of the molecule is CCC(CC)(C(=O)O)n1nnnc1-c1ccc(Cl)cn1. The fourth-order valence-electron chi connectivity index (χ4n) is 2.09. The van der Waals surface area contributed by atoms with Crippen molar-refractivity contribution in [2.45, 2.75) is 32.2 Å². The van der Waals surface area contributed by atoms with Gasteiger partial charge in [0.2, 0.25) is 5.82 Å². The monoisotopic (exact) mass is 295 g/mol. The van der Waals surface area contributed by atoms with Gasteiger partial charge in [0.1, 0.15) is 5.69 Å². The minimum atomic E-state index is -1.18. The zero-order valence-corrected chi connectivity index (χ0v) is 11.9. The van der Waals surface area contributed by atoms with Crippen LogP contribution in [0.25, 0.3) is 11.5 Å². The standard InChI is InChI=1S/C12H14ClN5O2/c1-3-12(4-2,11(19)20)18-10(15-16-17-18)9-6-5-8(13)7-14-9/h5-7H,3-4H2,1-2H3,(H,19,20). The largest absolute Gasteiger partial charge is 0.479 e. The van der Waals surface area contributed by atoms with Crippen LogP contribution in [0.3, 0.4) is 0 Å². The molecule has 1 N–H and O–H groups in total. The summed E-state index contributed by atoms with van der Waals surface area (Å²) in [6.45, 7) is 3.58. The number of rotatable bonds is 5. The zero-order chi connectivity index (χ0) is 14.8. The van der Waals surface area contributed by atoms with Gasteiger partial charge < -0.3 is 5.11 Å². The van der Waals surface area contributed by atoms with Crippen LogP contribution in [0.15, 0.2) is 18.3 Å². The number of carboxylic acids is 1. The molecule has 2 aromatic heterocycles. The van der Waals surface area contributed by atoms with Crippen LogP contribution in [-0.4, -0.2) is 36.3 Å². The van der Waals surface area contributed by atoms with Crippen molar-refractivity contribution in [3.63, 3.8) is 0 Å². The van der Waals surface area contributed by atoms with E-state index in [4.69, 9.17) is 11.6 Å². The van der Waals surface area contributed by atoms with Gasteiger partial charge in [0.15, 0.2) is 5.54 Å². The number of hydrogen-bond acceptors (Lipinski definition) is 5. The maximum Gasteiger partial charge on any atom is 0.331 e. The minimum Gasteiger partial charge on any atom is -0.479 e. The number of nitrogens with zero attached hydrogens (tertiary/aromatic N) is 5. The minimum absolute atomic E-state index is 0.313. The van der Waals surface area contributed by atoms with E-state index in [0.29, 0.717) is 29.4 Å². The Morgan fingerprint density at radius 3 is 2.60 bits per heavy atom. The molecule has 0 aliphatic rings. The molecular formula is C12H14ClN5O2. The third-order valence-electron chi connectivity index (χ3n) is 3.40. The highest BCUT2D eigenvalue weighted by atomic mass is 35.5. The molecule has 2 heterocycles. The van der Waals surface area contributed by atoms with Crippen LogP contribution in [0.1, 0.15) is 26.7 Å². The van der Waals surface area contributed by atoms with E-state index < -0.39 is 11.5 Å². The number of aromatic nitrogens is 5. The Kier molecular flexibility index (Phi) is 3.99. The predicted molar refractivity (Wildman–Crippen MR) is 72.2 cm³/mol. The van der Waals surface area contributed by atoms with E-state index in [1.807, 2.05) is 0 Å². The van der Waals surface area contributed by atoms with E-state index >= 15 is 0 Å². The number of carbonyl (C=O) groups is 1. The summed E-state index contributed by atoms with van der Waals surface area (Å²) in [7, 11) is 0. The van der Waals surface area contributed by atoms with Crippen molar-refractivity contribution in [1.29, 1.82) is 0 Å². The molecule has 20 heavy (non-hydrogen) atoms. The Balaban J connectivity index is 2.57. The molecule has 0 amide bonds. The molecular weight excluding hydrogens is 282 g/mol. The second-order valence-electron chi connectivity index (χ2n) is 4.32. The average Bonchev–Trinajstić information content (AvgIpc) is 2.91. The van der Waals surface area contributed by atoms with Crippen molar-refractivity contribution in [1.82, 2.24) is 25.2 Å². The molecule has 0 saturated heterocycles. The lowest BCUT2D eigenvalue weighted by Crippen LogP contribution is -2.42. The summed E-state index contributed by atoms with van der Waals surface area (Å²) < 4.78 is 1.32. The summed E-state index contributed by atoms with van der Waals surface area (Å²) in [4.78, 5) is 15.8. The Bertz CT molecular complexity index is 607. The molecule has 0 saturated carbocycles. The fraction of sp³-hybridized carbons (Fsp3) is 0.417. The van der Waals surface area contributed by atoms with Crippen molar-refractivity contribution >= 4 is 17.6 Å². The molecule has 0 aromatic carbocycles. The number of aliphatic carboxylic acids is 1. The van der Waals surface area contributed by atoms with Gasteiger partial charge in [0, 0.05) is 6.20 Å². The molecule has 2 aromatic rings. The molecule has 0 fully saturated rings. The first-order chi connectivity index (χ1) is 9.55. The Morgan fingerprint density at radius 1 is 1.40 bits per heavy atom. The Morgan fingerprint density at radius 2 is 2.10 bits per heavy atom. The van der Waals surface area contributed by atoms with Gasteiger partial charge in [-0.1, -0.05) is 25.4 Å². The van der Waals surface area contributed by atoms with E-state index in [2.05, 4.69) is 20.5 Å². The average molecular weight is 296 g/mol. The van der Waals surface area contributed by atoms with Gasteiger partial charge in [-0.05, 0) is 35.4 Å². The predicted octanol–water partition coefficient (Wildman–Crippen LogP) is 1.99. The Labute approximate surface area is 120 Å². The van der Waals surface area contributed by atoms with E-state index in [9.17, 15) is 9.90 Å².